The van der Waals surface area contributed by atoms with Gasteiger partial charge in [0.2, 0.25) is 11.8 Å². The number of carbonyl (C=O) groups excluding carboxylic acids is 2. The fourth-order valence-electron chi connectivity index (χ4n) is 5.41. The van der Waals surface area contributed by atoms with Gasteiger partial charge in [0.05, 0.1) is 36.6 Å². The summed E-state index contributed by atoms with van der Waals surface area (Å²) in [4.78, 5) is 34.2. The first-order chi connectivity index (χ1) is 19.4. The van der Waals surface area contributed by atoms with Crippen molar-refractivity contribution in [1.29, 1.82) is 0 Å². The third kappa shape index (κ3) is 7.17. The predicted molar refractivity (Wildman–Crippen MR) is 138 cm³/mol. The number of alkyl halides is 5. The first-order valence-electron chi connectivity index (χ1n) is 13.7. The third-order valence-electron chi connectivity index (χ3n) is 7.87. The number of pyridine rings is 1. The van der Waals surface area contributed by atoms with Crippen LogP contribution in [0, 0.1) is 18.8 Å². The van der Waals surface area contributed by atoms with E-state index in [1.807, 2.05) is 0 Å². The zero-order valence-corrected chi connectivity index (χ0v) is 22.4. The Kier molecular flexibility index (Phi) is 7.97. The van der Waals surface area contributed by atoms with Crippen LogP contribution in [-0.4, -0.2) is 43.5 Å². The van der Waals surface area contributed by atoms with E-state index in [1.165, 1.54) is 10.7 Å². The number of nitrogens with one attached hydrogen (secondary N) is 2. The van der Waals surface area contributed by atoms with Crippen LogP contribution in [0.3, 0.4) is 0 Å². The van der Waals surface area contributed by atoms with Crippen molar-refractivity contribution in [3.05, 3.63) is 59.3 Å². The molecule has 0 spiro atoms. The monoisotopic (exact) mass is 578 g/mol. The van der Waals surface area contributed by atoms with E-state index >= 15 is 0 Å². The van der Waals surface area contributed by atoms with E-state index < -0.39 is 42.9 Å². The second-order valence-corrected chi connectivity index (χ2v) is 11.1. The van der Waals surface area contributed by atoms with Crippen molar-refractivity contribution in [3.8, 4) is 0 Å². The Morgan fingerprint density at radius 2 is 1.78 bits per heavy atom. The van der Waals surface area contributed by atoms with Gasteiger partial charge in [-0.05, 0) is 67.7 Å². The Bertz CT molecular complexity index is 1410. The van der Waals surface area contributed by atoms with Gasteiger partial charge in [0.25, 0.3) is 5.91 Å². The lowest BCUT2D eigenvalue weighted by Crippen LogP contribution is -2.37. The molecule has 1 unspecified atom stereocenters. The molecule has 0 bridgehead atoms. The summed E-state index contributed by atoms with van der Waals surface area (Å²) < 4.78 is 67.2. The summed E-state index contributed by atoms with van der Waals surface area (Å²) >= 11 is 0. The minimum atomic E-state index is -4.42. The second kappa shape index (κ2) is 11.3. The SMILES string of the molecule is Cc1cnccc1C(=O)N[C@H](c1cn2ncc(C(NC(=O)CCC(F)(F)F)C3CC3)cc2n1)C1CCC(F)(F)CC1. The molecule has 0 aromatic carbocycles. The number of hydrogen-bond acceptors (Lipinski definition) is 5. The summed E-state index contributed by atoms with van der Waals surface area (Å²) in [5.41, 5.74) is 2.57. The van der Waals surface area contributed by atoms with Gasteiger partial charge in [0.1, 0.15) is 0 Å². The lowest BCUT2D eigenvalue weighted by molar-refractivity contribution is -0.144. The first-order valence-corrected chi connectivity index (χ1v) is 13.7. The number of nitrogens with zero attached hydrogens (tertiary/aromatic N) is 4. The van der Waals surface area contributed by atoms with E-state index in [9.17, 15) is 31.5 Å². The highest BCUT2D eigenvalue weighted by atomic mass is 19.4. The van der Waals surface area contributed by atoms with E-state index in [2.05, 4.69) is 25.7 Å². The number of imidazole rings is 1. The average molecular weight is 579 g/mol. The molecule has 41 heavy (non-hydrogen) atoms. The van der Waals surface area contributed by atoms with Gasteiger partial charge in [-0.25, -0.2) is 18.3 Å². The number of rotatable bonds is 9. The Morgan fingerprint density at radius 1 is 1.07 bits per heavy atom. The molecule has 13 heteroatoms. The molecule has 220 valence electrons. The van der Waals surface area contributed by atoms with Crippen molar-refractivity contribution in [2.24, 2.45) is 11.8 Å². The minimum absolute atomic E-state index is 0.0862. The zero-order chi connectivity index (χ0) is 29.4. The van der Waals surface area contributed by atoms with Crippen LogP contribution in [0.25, 0.3) is 5.65 Å². The fraction of sp³-hybridized carbons (Fsp3) is 0.536. The summed E-state index contributed by atoms with van der Waals surface area (Å²) in [5, 5.41) is 10.1. The highest BCUT2D eigenvalue weighted by Gasteiger charge is 2.40. The lowest BCUT2D eigenvalue weighted by atomic mass is 9.81. The zero-order valence-electron chi connectivity index (χ0n) is 22.4. The van der Waals surface area contributed by atoms with E-state index in [4.69, 9.17) is 0 Å². The second-order valence-electron chi connectivity index (χ2n) is 11.1. The van der Waals surface area contributed by atoms with E-state index in [1.54, 1.807) is 37.6 Å². The van der Waals surface area contributed by atoms with Gasteiger partial charge < -0.3 is 10.6 Å². The van der Waals surface area contributed by atoms with Crippen LogP contribution >= 0.6 is 0 Å². The van der Waals surface area contributed by atoms with Crippen molar-refractivity contribution in [2.75, 3.05) is 0 Å². The Hall–Kier alpha value is -3.64. The van der Waals surface area contributed by atoms with Gasteiger partial charge in [0.15, 0.2) is 5.65 Å². The topological polar surface area (TPSA) is 101 Å². The number of halogens is 5. The molecule has 2 N–H and O–H groups in total. The molecule has 2 aliphatic rings. The van der Waals surface area contributed by atoms with Gasteiger partial charge in [-0.2, -0.15) is 18.3 Å². The number of aromatic nitrogens is 4. The number of fused-ring (bicyclic) bond motifs is 1. The molecule has 8 nitrogen and oxygen atoms in total. The van der Waals surface area contributed by atoms with Gasteiger partial charge in [-0.3, -0.25) is 14.6 Å². The first kappa shape index (κ1) is 28.9. The molecule has 3 heterocycles. The molecule has 0 aliphatic heterocycles. The molecule has 2 fully saturated rings. The van der Waals surface area contributed by atoms with Crippen molar-refractivity contribution < 1.29 is 31.5 Å². The molecule has 3 aromatic heterocycles. The van der Waals surface area contributed by atoms with Crippen molar-refractivity contribution >= 4 is 17.5 Å². The number of carbonyl (C=O) groups is 2. The number of amides is 2. The summed E-state index contributed by atoms with van der Waals surface area (Å²) in [6.07, 6.45) is 1.46. The number of hydrogen-bond donors (Lipinski definition) is 2. The molecule has 2 amide bonds. The van der Waals surface area contributed by atoms with Crippen LogP contribution < -0.4 is 10.6 Å². The normalized spacial score (nSPS) is 19.1. The Labute approximate surface area is 233 Å². The molecule has 3 aromatic rings. The largest absolute Gasteiger partial charge is 0.389 e. The van der Waals surface area contributed by atoms with Crippen LogP contribution in [0.4, 0.5) is 22.0 Å². The predicted octanol–water partition coefficient (Wildman–Crippen LogP) is 5.64. The van der Waals surface area contributed by atoms with E-state index in [0.717, 1.165) is 12.8 Å². The maximum Gasteiger partial charge on any atom is 0.389 e. The smallest absolute Gasteiger partial charge is 0.349 e. The van der Waals surface area contributed by atoms with Crippen LogP contribution in [0.2, 0.25) is 0 Å². The quantitative estimate of drug-likeness (QED) is 0.320. The summed E-state index contributed by atoms with van der Waals surface area (Å²) in [5.74, 6) is -4.00. The summed E-state index contributed by atoms with van der Waals surface area (Å²) in [6.45, 7) is 1.76. The molecule has 2 atom stereocenters. The van der Waals surface area contributed by atoms with Gasteiger partial charge in [-0.1, -0.05) is 0 Å². The van der Waals surface area contributed by atoms with E-state index in [-0.39, 0.29) is 43.4 Å². The molecule has 5 rings (SSSR count). The van der Waals surface area contributed by atoms with Gasteiger partial charge in [0, 0.05) is 37.2 Å². The molecule has 2 saturated carbocycles. The molecule has 2 aliphatic carbocycles. The van der Waals surface area contributed by atoms with Crippen molar-refractivity contribution in [3.63, 3.8) is 0 Å². The molecular weight excluding hydrogens is 547 g/mol. The van der Waals surface area contributed by atoms with Crippen LogP contribution in [0.15, 0.2) is 36.9 Å². The highest BCUT2D eigenvalue weighted by Crippen LogP contribution is 2.43. The van der Waals surface area contributed by atoms with Gasteiger partial charge in [-0.15, -0.1) is 0 Å². The molecular formula is C28H31F5N6O2. The lowest BCUT2D eigenvalue weighted by Gasteiger charge is -2.33. The van der Waals surface area contributed by atoms with E-state index in [0.29, 0.717) is 28.0 Å². The fourth-order valence-corrected chi connectivity index (χ4v) is 5.41. The minimum Gasteiger partial charge on any atom is -0.349 e. The number of aryl methyl sites for hydroxylation is 1. The van der Waals surface area contributed by atoms with Crippen LogP contribution in [-0.2, 0) is 4.79 Å². The Balaban J connectivity index is 1.40. The van der Waals surface area contributed by atoms with Crippen LogP contribution in [0.1, 0.15) is 90.6 Å². The molecule has 0 radical (unpaired) electrons. The molecule has 0 saturated heterocycles. The summed E-state index contributed by atoms with van der Waals surface area (Å²) in [6, 6.07) is 2.15. The maximum atomic E-state index is 14.0. The highest BCUT2D eigenvalue weighted by molar-refractivity contribution is 5.95. The maximum absolute atomic E-state index is 14.0. The summed E-state index contributed by atoms with van der Waals surface area (Å²) in [7, 11) is 0. The van der Waals surface area contributed by atoms with Crippen molar-refractivity contribution in [1.82, 2.24) is 30.2 Å². The van der Waals surface area contributed by atoms with Crippen LogP contribution in [0.5, 0.6) is 0 Å². The van der Waals surface area contributed by atoms with Crippen molar-refractivity contribution in [2.45, 2.75) is 82.5 Å². The third-order valence-corrected chi connectivity index (χ3v) is 7.87. The Morgan fingerprint density at radius 3 is 2.44 bits per heavy atom. The standard InChI is InChI=1S/C28H31F5N6O2/c1-16-13-34-11-7-20(16)26(41)38-25(18-4-8-27(29,30)9-5-18)21-15-39-22(36-21)12-19(14-35-39)24(17-2-3-17)37-23(40)6-10-28(31,32)33/h7,11-15,17-18,24-25H,2-6,8-10H2,1H3,(H,37,40)(H,38,41)/t24?,25-/m0/s1. The average Bonchev–Trinajstić information content (AvgIpc) is 3.67. The van der Waals surface area contributed by atoms with Gasteiger partial charge >= 0.3 is 6.18 Å².